The molecule has 0 unspecified atom stereocenters. The average Bonchev–Trinajstić information content (AvgIpc) is 2.55. The van der Waals surface area contributed by atoms with Crippen molar-refractivity contribution in [3.63, 3.8) is 0 Å². The molecule has 2 N–H and O–H groups in total. The summed E-state index contributed by atoms with van der Waals surface area (Å²) in [6.45, 7) is 6.97. The molecule has 0 saturated carbocycles. The lowest BCUT2D eigenvalue weighted by molar-refractivity contribution is 0.247. The van der Waals surface area contributed by atoms with Crippen molar-refractivity contribution < 1.29 is 9.53 Å². The number of urea groups is 1. The minimum Gasteiger partial charge on any atom is -0.492 e. The van der Waals surface area contributed by atoms with E-state index in [1.807, 2.05) is 50.2 Å². The van der Waals surface area contributed by atoms with E-state index in [4.69, 9.17) is 4.74 Å². The van der Waals surface area contributed by atoms with Crippen molar-refractivity contribution in [3.8, 4) is 5.75 Å². The van der Waals surface area contributed by atoms with Gasteiger partial charge in [0.2, 0.25) is 0 Å². The molecule has 0 aliphatic carbocycles. The van der Waals surface area contributed by atoms with Gasteiger partial charge in [0, 0.05) is 5.69 Å². The van der Waals surface area contributed by atoms with Gasteiger partial charge < -0.3 is 15.4 Å². The first-order chi connectivity index (χ1) is 11.1. The van der Waals surface area contributed by atoms with Crippen LogP contribution in [-0.2, 0) is 6.42 Å². The quantitative estimate of drug-likeness (QED) is 0.790. The Morgan fingerprint density at radius 1 is 1.13 bits per heavy atom. The zero-order valence-corrected chi connectivity index (χ0v) is 14.0. The highest BCUT2D eigenvalue weighted by Gasteiger charge is 2.04. The Labute approximate surface area is 137 Å². The summed E-state index contributed by atoms with van der Waals surface area (Å²) in [5.41, 5.74) is 4.23. The summed E-state index contributed by atoms with van der Waals surface area (Å²) >= 11 is 0. The van der Waals surface area contributed by atoms with Crippen LogP contribution in [0.25, 0.3) is 0 Å². The van der Waals surface area contributed by atoms with Gasteiger partial charge >= 0.3 is 6.03 Å². The van der Waals surface area contributed by atoms with Crippen molar-refractivity contribution in [1.82, 2.24) is 5.32 Å². The Bertz CT molecular complexity index is 668. The lowest BCUT2D eigenvalue weighted by Gasteiger charge is -2.11. The summed E-state index contributed by atoms with van der Waals surface area (Å²) in [5, 5.41) is 5.66. The van der Waals surface area contributed by atoms with Gasteiger partial charge in [-0.1, -0.05) is 31.2 Å². The van der Waals surface area contributed by atoms with Crippen LogP contribution in [0.2, 0.25) is 0 Å². The van der Waals surface area contributed by atoms with Crippen LogP contribution in [0.5, 0.6) is 5.75 Å². The van der Waals surface area contributed by atoms with Gasteiger partial charge in [-0.25, -0.2) is 4.79 Å². The number of nitrogens with one attached hydrogen (secondary N) is 2. The molecule has 2 amide bonds. The molecule has 0 spiro atoms. The lowest BCUT2D eigenvalue weighted by atomic mass is 10.1. The van der Waals surface area contributed by atoms with Crippen LogP contribution in [0.15, 0.2) is 42.5 Å². The summed E-state index contributed by atoms with van der Waals surface area (Å²) in [6, 6.07) is 13.8. The fourth-order valence-electron chi connectivity index (χ4n) is 2.23. The van der Waals surface area contributed by atoms with Gasteiger partial charge in [0.15, 0.2) is 0 Å². The van der Waals surface area contributed by atoms with E-state index in [2.05, 4.69) is 23.6 Å². The number of rotatable bonds is 6. The highest BCUT2D eigenvalue weighted by atomic mass is 16.5. The molecule has 0 radical (unpaired) electrons. The van der Waals surface area contributed by atoms with Crippen LogP contribution in [0.4, 0.5) is 10.5 Å². The molecule has 0 bridgehead atoms. The Hall–Kier alpha value is -2.49. The first-order valence-corrected chi connectivity index (χ1v) is 7.92. The molecule has 2 aromatic rings. The Morgan fingerprint density at radius 3 is 2.74 bits per heavy atom. The number of hydrogen-bond donors (Lipinski definition) is 2. The number of carbonyl (C=O) groups is 1. The van der Waals surface area contributed by atoms with E-state index in [-0.39, 0.29) is 6.03 Å². The second-order valence-electron chi connectivity index (χ2n) is 5.55. The maximum Gasteiger partial charge on any atom is 0.319 e. The van der Waals surface area contributed by atoms with Crippen molar-refractivity contribution in [1.29, 1.82) is 0 Å². The number of benzene rings is 2. The third-order valence-electron chi connectivity index (χ3n) is 3.60. The molecule has 0 atom stereocenters. The molecular weight excluding hydrogens is 288 g/mol. The standard InChI is InChI=1S/C19H24N2O2/c1-4-16-6-5-7-17(13-16)23-11-10-20-19(22)21-18-12-14(2)8-9-15(18)3/h5-9,12-13H,4,10-11H2,1-3H3,(H2,20,21,22). The number of hydrogen-bond acceptors (Lipinski definition) is 2. The zero-order valence-electron chi connectivity index (χ0n) is 14.0. The van der Waals surface area contributed by atoms with Crippen molar-refractivity contribution >= 4 is 11.7 Å². The molecule has 0 aliphatic heterocycles. The summed E-state index contributed by atoms with van der Waals surface area (Å²) in [4.78, 5) is 11.9. The second-order valence-corrected chi connectivity index (χ2v) is 5.55. The van der Waals surface area contributed by atoms with Crippen molar-refractivity contribution in [2.24, 2.45) is 0 Å². The highest BCUT2D eigenvalue weighted by Crippen LogP contribution is 2.16. The fourth-order valence-corrected chi connectivity index (χ4v) is 2.23. The van der Waals surface area contributed by atoms with E-state index < -0.39 is 0 Å². The SMILES string of the molecule is CCc1cccc(OCCNC(=O)Nc2cc(C)ccc2C)c1. The Kier molecular flexibility index (Phi) is 6.03. The van der Waals surface area contributed by atoms with E-state index in [1.165, 1.54) is 5.56 Å². The third kappa shape index (κ3) is 5.33. The van der Waals surface area contributed by atoms with Crippen molar-refractivity contribution in [2.75, 3.05) is 18.5 Å². The number of anilines is 1. The van der Waals surface area contributed by atoms with Gasteiger partial charge in [0.1, 0.15) is 12.4 Å². The molecule has 122 valence electrons. The smallest absolute Gasteiger partial charge is 0.319 e. The molecule has 2 aromatic carbocycles. The molecule has 23 heavy (non-hydrogen) atoms. The van der Waals surface area contributed by atoms with Crippen LogP contribution in [0.1, 0.15) is 23.6 Å². The molecule has 0 heterocycles. The number of ether oxygens (including phenoxy) is 1. The van der Waals surface area contributed by atoms with Crippen LogP contribution >= 0.6 is 0 Å². The van der Waals surface area contributed by atoms with E-state index >= 15 is 0 Å². The molecular formula is C19H24N2O2. The number of amides is 2. The van der Waals surface area contributed by atoms with Crippen LogP contribution in [0.3, 0.4) is 0 Å². The van der Waals surface area contributed by atoms with Crippen LogP contribution in [-0.4, -0.2) is 19.2 Å². The van der Waals surface area contributed by atoms with Crippen LogP contribution in [0, 0.1) is 13.8 Å². The Morgan fingerprint density at radius 2 is 1.96 bits per heavy atom. The number of aryl methyl sites for hydroxylation is 3. The molecule has 2 rings (SSSR count). The largest absolute Gasteiger partial charge is 0.492 e. The summed E-state index contributed by atoms with van der Waals surface area (Å²) in [5.74, 6) is 0.834. The third-order valence-corrected chi connectivity index (χ3v) is 3.60. The van der Waals surface area contributed by atoms with E-state index in [1.54, 1.807) is 0 Å². The first-order valence-electron chi connectivity index (χ1n) is 7.92. The molecule has 0 aliphatic rings. The van der Waals surface area contributed by atoms with E-state index in [0.29, 0.717) is 13.2 Å². The fraction of sp³-hybridized carbons (Fsp3) is 0.316. The minimum absolute atomic E-state index is 0.218. The van der Waals surface area contributed by atoms with Gasteiger partial charge in [-0.3, -0.25) is 0 Å². The average molecular weight is 312 g/mol. The van der Waals surface area contributed by atoms with Gasteiger partial charge in [-0.15, -0.1) is 0 Å². The first kappa shape index (κ1) is 16.9. The van der Waals surface area contributed by atoms with Gasteiger partial charge in [0.05, 0.1) is 6.54 Å². The van der Waals surface area contributed by atoms with Crippen molar-refractivity contribution in [3.05, 3.63) is 59.2 Å². The molecule has 0 aromatic heterocycles. The van der Waals surface area contributed by atoms with E-state index in [9.17, 15) is 4.79 Å². The maximum atomic E-state index is 11.9. The monoisotopic (exact) mass is 312 g/mol. The van der Waals surface area contributed by atoms with Crippen LogP contribution < -0.4 is 15.4 Å². The van der Waals surface area contributed by atoms with Gasteiger partial charge in [0.25, 0.3) is 0 Å². The summed E-state index contributed by atoms with van der Waals surface area (Å²) < 4.78 is 5.65. The predicted octanol–water partition coefficient (Wildman–Crippen LogP) is 4.07. The Balaban J connectivity index is 1.75. The highest BCUT2D eigenvalue weighted by molar-refractivity contribution is 5.90. The summed E-state index contributed by atoms with van der Waals surface area (Å²) in [7, 11) is 0. The topological polar surface area (TPSA) is 50.4 Å². The number of carbonyl (C=O) groups excluding carboxylic acids is 1. The molecule has 0 fully saturated rings. The van der Waals surface area contributed by atoms with Gasteiger partial charge in [-0.05, 0) is 55.2 Å². The molecule has 4 nitrogen and oxygen atoms in total. The molecule has 4 heteroatoms. The van der Waals surface area contributed by atoms with E-state index in [0.717, 1.165) is 29.0 Å². The maximum absolute atomic E-state index is 11.9. The molecule has 0 saturated heterocycles. The summed E-state index contributed by atoms with van der Waals surface area (Å²) in [6.07, 6.45) is 0.980. The minimum atomic E-state index is -0.218. The lowest BCUT2D eigenvalue weighted by Crippen LogP contribution is -2.32. The zero-order chi connectivity index (χ0) is 16.7. The predicted molar refractivity (Wildman–Crippen MR) is 94.3 cm³/mol. The second kappa shape index (κ2) is 8.22. The normalized spacial score (nSPS) is 10.2. The van der Waals surface area contributed by atoms with Gasteiger partial charge in [-0.2, -0.15) is 0 Å². The van der Waals surface area contributed by atoms with Crippen molar-refractivity contribution in [2.45, 2.75) is 27.2 Å².